The van der Waals surface area contributed by atoms with Gasteiger partial charge in [0.2, 0.25) is 0 Å². The monoisotopic (exact) mass is 321 g/mol. The molecule has 1 N–H and O–H groups in total. The van der Waals surface area contributed by atoms with Crippen molar-refractivity contribution < 1.29 is 5.11 Å². The number of benzene rings is 1. The van der Waals surface area contributed by atoms with E-state index in [4.69, 9.17) is 0 Å². The van der Waals surface area contributed by atoms with Gasteiger partial charge >= 0.3 is 0 Å². The Kier molecular flexibility index (Phi) is 4.08. The first-order chi connectivity index (χ1) is 10.1. The van der Waals surface area contributed by atoms with Crippen LogP contribution in [-0.2, 0) is 11.8 Å². The Hall–Kier alpha value is -0.570. The molecule has 2 aliphatic carbocycles. The van der Waals surface area contributed by atoms with E-state index in [0.717, 1.165) is 0 Å². The van der Waals surface area contributed by atoms with E-state index >= 15 is 0 Å². The van der Waals surface area contributed by atoms with Crippen LogP contribution in [-0.4, -0.2) is 35.2 Å². The second kappa shape index (κ2) is 5.51. The maximum absolute atomic E-state index is 10.2. The molecule has 5 rings (SSSR count). The van der Waals surface area contributed by atoms with Gasteiger partial charge in [0.1, 0.15) is 0 Å². The molecule has 0 aromatic heterocycles. The van der Waals surface area contributed by atoms with Crippen LogP contribution in [0.1, 0.15) is 44.2 Å². The van der Waals surface area contributed by atoms with Gasteiger partial charge in [-0.05, 0) is 56.7 Å². The number of nitrogens with zero attached hydrogens (tertiary/aromatic N) is 1. The summed E-state index contributed by atoms with van der Waals surface area (Å²) in [5, 5.41) is 10.2. The Morgan fingerprint density at radius 2 is 2.05 bits per heavy atom. The van der Waals surface area contributed by atoms with Crippen molar-refractivity contribution in [1.29, 1.82) is 0 Å². The van der Waals surface area contributed by atoms with Gasteiger partial charge < -0.3 is 5.11 Å². The van der Waals surface area contributed by atoms with Crippen molar-refractivity contribution in [3.8, 4) is 0 Å². The summed E-state index contributed by atoms with van der Waals surface area (Å²) < 4.78 is 0. The van der Waals surface area contributed by atoms with Crippen LogP contribution in [0.5, 0.6) is 0 Å². The maximum Gasteiger partial charge on any atom is 0.0555 e. The van der Waals surface area contributed by atoms with Gasteiger partial charge in [-0.15, -0.1) is 12.4 Å². The molecule has 3 fully saturated rings. The van der Waals surface area contributed by atoms with Gasteiger partial charge in [-0.25, -0.2) is 0 Å². The first-order valence-corrected chi connectivity index (χ1v) is 8.57. The van der Waals surface area contributed by atoms with Crippen LogP contribution in [0.3, 0.4) is 0 Å². The average Bonchev–Trinajstić information content (AvgIpc) is 2.50. The van der Waals surface area contributed by atoms with Crippen molar-refractivity contribution in [2.75, 3.05) is 7.05 Å². The van der Waals surface area contributed by atoms with Crippen molar-refractivity contribution in [2.45, 2.75) is 63.1 Å². The molecule has 122 valence electrons. The van der Waals surface area contributed by atoms with Gasteiger partial charge in [-0.2, -0.15) is 0 Å². The van der Waals surface area contributed by atoms with Gasteiger partial charge in [-0.1, -0.05) is 31.2 Å². The molecule has 0 spiro atoms. The zero-order valence-electron chi connectivity index (χ0n) is 13.8. The lowest BCUT2D eigenvalue weighted by atomic mass is 9.48. The third kappa shape index (κ3) is 1.93. The summed E-state index contributed by atoms with van der Waals surface area (Å²) in [6.07, 6.45) is 4.70. The summed E-state index contributed by atoms with van der Waals surface area (Å²) in [6.45, 7) is 4.36. The van der Waals surface area contributed by atoms with Crippen LogP contribution in [0, 0.1) is 11.8 Å². The van der Waals surface area contributed by atoms with E-state index in [1.165, 1.54) is 25.7 Å². The van der Waals surface area contributed by atoms with Crippen LogP contribution >= 0.6 is 12.4 Å². The number of fused-ring (bicyclic) bond motifs is 2. The smallest absolute Gasteiger partial charge is 0.0555 e. The summed E-state index contributed by atoms with van der Waals surface area (Å²) in [6, 6.07) is 10.4. The van der Waals surface area contributed by atoms with Crippen molar-refractivity contribution in [2.24, 2.45) is 11.8 Å². The number of rotatable bonds is 2. The predicted molar refractivity (Wildman–Crippen MR) is 92.6 cm³/mol. The number of aliphatic hydroxyl groups excluding tert-OH is 1. The molecule has 4 unspecified atom stereocenters. The summed E-state index contributed by atoms with van der Waals surface area (Å²) in [5.41, 5.74) is 3.56. The molecule has 2 aliphatic heterocycles. The van der Waals surface area contributed by atoms with E-state index in [-0.39, 0.29) is 18.5 Å². The Bertz CT molecular complexity index is 560. The molecule has 6 atom stereocenters. The van der Waals surface area contributed by atoms with E-state index in [1.54, 1.807) is 11.1 Å². The zero-order chi connectivity index (χ0) is 14.8. The molecule has 2 heterocycles. The fourth-order valence-corrected chi connectivity index (χ4v) is 5.97. The largest absolute Gasteiger partial charge is 0.393 e. The lowest BCUT2D eigenvalue weighted by molar-refractivity contribution is -0.121. The van der Waals surface area contributed by atoms with Gasteiger partial charge in [0, 0.05) is 23.4 Å². The van der Waals surface area contributed by atoms with Crippen LogP contribution in [0.2, 0.25) is 0 Å². The van der Waals surface area contributed by atoms with Crippen LogP contribution < -0.4 is 0 Å². The topological polar surface area (TPSA) is 23.5 Å². The van der Waals surface area contributed by atoms with Gasteiger partial charge in [-0.3, -0.25) is 4.90 Å². The van der Waals surface area contributed by atoms with Crippen LogP contribution in [0.4, 0.5) is 0 Å². The number of piperidine rings is 2. The highest BCUT2D eigenvalue weighted by atomic mass is 35.5. The van der Waals surface area contributed by atoms with Crippen molar-refractivity contribution in [3.05, 3.63) is 35.4 Å². The molecule has 2 nitrogen and oxygen atoms in total. The number of likely N-dealkylation sites (N-methyl/N-ethyl adjacent to an activating group) is 1. The molecule has 0 amide bonds. The predicted octanol–water partition coefficient (Wildman–Crippen LogP) is 3.40. The number of aliphatic hydroxyl groups is 1. The molecule has 4 aliphatic rings. The fraction of sp³-hybridized carbons (Fsp3) is 0.684. The number of halogens is 1. The van der Waals surface area contributed by atoms with Crippen molar-refractivity contribution >= 4 is 12.4 Å². The minimum atomic E-state index is -0.176. The Morgan fingerprint density at radius 3 is 2.73 bits per heavy atom. The standard InChI is InChI=1S/C19H27NO.ClH/c1-4-19-11-18-14(12(2)21)10-16(19)17(20(18)3)9-13-7-5-6-8-15(13)19;/h5-8,12,14,16-18,21H,4,9-11H2,1-3H3;1H/t12?,14-,16?,17?,18?,19+;/m0./s1. The SMILES string of the molecule is CC[C@]12CC3[C@H](C(C)O)CC1C(Cc1ccccc12)N3C.Cl. The molecule has 1 aromatic rings. The molecule has 1 aromatic carbocycles. The van der Waals surface area contributed by atoms with E-state index in [1.807, 2.05) is 6.92 Å². The van der Waals surface area contributed by atoms with Crippen LogP contribution in [0.15, 0.2) is 24.3 Å². The molecule has 22 heavy (non-hydrogen) atoms. The minimum absolute atomic E-state index is 0. The van der Waals surface area contributed by atoms with E-state index in [0.29, 0.717) is 29.3 Å². The third-order valence-corrected chi connectivity index (χ3v) is 7.05. The highest BCUT2D eigenvalue weighted by molar-refractivity contribution is 5.85. The van der Waals surface area contributed by atoms with E-state index < -0.39 is 0 Å². The quantitative estimate of drug-likeness (QED) is 0.902. The summed E-state index contributed by atoms with van der Waals surface area (Å²) >= 11 is 0. The Labute approximate surface area is 140 Å². The Balaban J connectivity index is 0.00000144. The molecule has 0 radical (unpaired) electrons. The number of hydrogen-bond acceptors (Lipinski definition) is 2. The highest BCUT2D eigenvalue weighted by Crippen LogP contribution is 2.59. The van der Waals surface area contributed by atoms with Gasteiger partial charge in [0.05, 0.1) is 6.10 Å². The molecule has 4 bridgehead atoms. The maximum atomic E-state index is 10.2. The summed E-state index contributed by atoms with van der Waals surface area (Å²) in [4.78, 5) is 2.61. The summed E-state index contributed by atoms with van der Waals surface area (Å²) in [7, 11) is 2.30. The Morgan fingerprint density at radius 1 is 1.32 bits per heavy atom. The average molecular weight is 322 g/mol. The zero-order valence-corrected chi connectivity index (χ0v) is 14.6. The van der Waals surface area contributed by atoms with Gasteiger partial charge in [0.15, 0.2) is 0 Å². The molecule has 2 saturated heterocycles. The minimum Gasteiger partial charge on any atom is -0.393 e. The lowest BCUT2D eigenvalue weighted by Crippen LogP contribution is -2.69. The molecule has 1 saturated carbocycles. The van der Waals surface area contributed by atoms with E-state index in [2.05, 4.69) is 43.1 Å². The highest BCUT2D eigenvalue weighted by Gasteiger charge is 2.60. The fourth-order valence-electron chi connectivity index (χ4n) is 5.97. The summed E-state index contributed by atoms with van der Waals surface area (Å²) in [5.74, 6) is 1.17. The van der Waals surface area contributed by atoms with E-state index in [9.17, 15) is 5.11 Å². The third-order valence-electron chi connectivity index (χ3n) is 7.05. The van der Waals surface area contributed by atoms with Crippen LogP contribution in [0.25, 0.3) is 0 Å². The number of hydrogen-bond donors (Lipinski definition) is 1. The molecular weight excluding hydrogens is 294 g/mol. The first kappa shape index (κ1) is 16.3. The first-order valence-electron chi connectivity index (χ1n) is 8.57. The molecule has 3 heteroatoms. The second-order valence-electron chi connectivity index (χ2n) is 7.62. The molecular formula is C19H28ClNO. The lowest BCUT2D eigenvalue weighted by Gasteiger charge is -2.65. The second-order valence-corrected chi connectivity index (χ2v) is 7.62. The van der Waals surface area contributed by atoms with Gasteiger partial charge in [0.25, 0.3) is 0 Å². The van der Waals surface area contributed by atoms with Crippen molar-refractivity contribution in [1.82, 2.24) is 4.90 Å². The van der Waals surface area contributed by atoms with Crippen molar-refractivity contribution in [3.63, 3.8) is 0 Å². The normalized spacial score (nSPS) is 40.7.